The smallest absolute Gasteiger partial charge is 0.123 e. The lowest BCUT2D eigenvalue weighted by molar-refractivity contribution is 0.408. The van der Waals surface area contributed by atoms with Gasteiger partial charge in [0, 0.05) is 12.1 Å². The molecule has 2 aliphatic rings. The number of para-hydroxylation sites is 1. The molecule has 0 aromatic heterocycles. The second kappa shape index (κ2) is 3.51. The molecular weight excluding hydrogens is 200 g/mol. The first-order valence-electron chi connectivity index (χ1n) is 5.79. The zero-order valence-corrected chi connectivity index (χ0v) is 9.49. The summed E-state index contributed by atoms with van der Waals surface area (Å²) in [5, 5.41) is 3.40. The largest absolute Gasteiger partial charge is 0.496 e. The van der Waals surface area contributed by atoms with Gasteiger partial charge in [-0.3, -0.25) is 4.99 Å². The Morgan fingerprint density at radius 2 is 2.12 bits per heavy atom. The quantitative estimate of drug-likeness (QED) is 0.834. The van der Waals surface area contributed by atoms with Crippen LogP contribution in [0.3, 0.4) is 0 Å². The summed E-state index contributed by atoms with van der Waals surface area (Å²) in [6.07, 6.45) is 2.36. The van der Waals surface area contributed by atoms with Crippen molar-refractivity contribution < 1.29 is 4.74 Å². The maximum Gasteiger partial charge on any atom is 0.123 e. The minimum absolute atomic E-state index is 0.128. The Hall–Kier alpha value is -1.51. The molecule has 0 bridgehead atoms. The molecule has 0 radical (unpaired) electrons. The molecule has 1 fully saturated rings. The molecule has 3 nitrogen and oxygen atoms in total. The van der Waals surface area contributed by atoms with E-state index in [0.717, 1.165) is 24.7 Å². The van der Waals surface area contributed by atoms with E-state index in [4.69, 9.17) is 4.74 Å². The number of benzene rings is 1. The van der Waals surface area contributed by atoms with Crippen LogP contribution < -0.4 is 10.1 Å². The van der Waals surface area contributed by atoms with Crippen molar-refractivity contribution >= 4 is 5.84 Å². The SMILES string of the molecule is COc1ccccc1C1(C2=NCCN2)CC1. The topological polar surface area (TPSA) is 33.6 Å². The van der Waals surface area contributed by atoms with Crippen LogP contribution in [0.25, 0.3) is 0 Å². The predicted octanol–water partition coefficient (Wildman–Crippen LogP) is 1.73. The van der Waals surface area contributed by atoms with Gasteiger partial charge in [-0.15, -0.1) is 0 Å². The number of aliphatic imine (C=N–C) groups is 1. The van der Waals surface area contributed by atoms with Gasteiger partial charge in [-0.25, -0.2) is 0 Å². The summed E-state index contributed by atoms with van der Waals surface area (Å²) >= 11 is 0. The minimum atomic E-state index is 0.128. The van der Waals surface area contributed by atoms with Crippen LogP contribution in [0.15, 0.2) is 29.3 Å². The number of amidine groups is 1. The van der Waals surface area contributed by atoms with Gasteiger partial charge in [0.2, 0.25) is 0 Å². The fourth-order valence-corrected chi connectivity index (χ4v) is 2.52. The van der Waals surface area contributed by atoms with Crippen LogP contribution in [-0.4, -0.2) is 26.0 Å². The summed E-state index contributed by atoms with van der Waals surface area (Å²) in [5.74, 6) is 2.15. The third-order valence-corrected chi connectivity index (χ3v) is 3.50. The first-order valence-corrected chi connectivity index (χ1v) is 5.79. The molecule has 0 amide bonds. The van der Waals surface area contributed by atoms with Crippen LogP contribution in [0, 0.1) is 0 Å². The van der Waals surface area contributed by atoms with Gasteiger partial charge in [0.15, 0.2) is 0 Å². The van der Waals surface area contributed by atoms with Crippen molar-refractivity contribution in [3.63, 3.8) is 0 Å². The molecule has 1 heterocycles. The summed E-state index contributed by atoms with van der Waals surface area (Å²) in [4.78, 5) is 4.57. The van der Waals surface area contributed by atoms with E-state index < -0.39 is 0 Å². The first-order chi connectivity index (χ1) is 7.87. The van der Waals surface area contributed by atoms with E-state index in [9.17, 15) is 0 Å². The van der Waals surface area contributed by atoms with E-state index in [0.29, 0.717) is 0 Å². The highest BCUT2D eigenvalue weighted by molar-refractivity contribution is 5.97. The molecule has 1 saturated carbocycles. The zero-order chi connectivity index (χ0) is 11.0. The highest BCUT2D eigenvalue weighted by Gasteiger charge is 2.51. The van der Waals surface area contributed by atoms with Crippen LogP contribution in [0.5, 0.6) is 5.75 Å². The Morgan fingerprint density at radius 3 is 2.75 bits per heavy atom. The average molecular weight is 216 g/mol. The molecule has 3 heteroatoms. The second-order valence-corrected chi connectivity index (χ2v) is 4.44. The van der Waals surface area contributed by atoms with Gasteiger partial charge in [-0.2, -0.15) is 0 Å². The lowest BCUT2D eigenvalue weighted by Gasteiger charge is -2.19. The van der Waals surface area contributed by atoms with Crippen LogP contribution in [0.1, 0.15) is 18.4 Å². The molecule has 0 atom stereocenters. The number of hydrogen-bond donors (Lipinski definition) is 1. The number of hydrogen-bond acceptors (Lipinski definition) is 3. The molecule has 3 rings (SSSR count). The summed E-state index contributed by atoms with van der Waals surface area (Å²) in [5.41, 5.74) is 1.41. The molecule has 0 spiro atoms. The number of nitrogens with one attached hydrogen (secondary N) is 1. The van der Waals surface area contributed by atoms with Crippen LogP contribution in [0.4, 0.5) is 0 Å². The average Bonchev–Trinajstić information content (AvgIpc) is 2.96. The lowest BCUT2D eigenvalue weighted by atomic mass is 9.93. The number of ether oxygens (including phenoxy) is 1. The molecule has 1 aromatic carbocycles. The van der Waals surface area contributed by atoms with Gasteiger partial charge in [-0.05, 0) is 18.9 Å². The summed E-state index contributed by atoms with van der Waals surface area (Å²) in [6.45, 7) is 1.89. The molecule has 16 heavy (non-hydrogen) atoms. The van der Waals surface area contributed by atoms with Crippen molar-refractivity contribution in [2.24, 2.45) is 4.99 Å². The highest BCUT2D eigenvalue weighted by Crippen LogP contribution is 2.52. The molecule has 1 aliphatic carbocycles. The Balaban J connectivity index is 2.02. The van der Waals surface area contributed by atoms with Crippen LogP contribution in [-0.2, 0) is 5.41 Å². The Labute approximate surface area is 95.5 Å². The molecule has 0 unspecified atom stereocenters. The van der Waals surface area contributed by atoms with Gasteiger partial charge in [0.25, 0.3) is 0 Å². The van der Waals surface area contributed by atoms with Crippen molar-refractivity contribution in [1.82, 2.24) is 5.32 Å². The van der Waals surface area contributed by atoms with Gasteiger partial charge >= 0.3 is 0 Å². The molecule has 1 aliphatic heterocycles. The normalized spacial score (nSPS) is 21.2. The van der Waals surface area contributed by atoms with Gasteiger partial charge in [-0.1, -0.05) is 18.2 Å². The summed E-state index contributed by atoms with van der Waals surface area (Å²) < 4.78 is 5.45. The van der Waals surface area contributed by atoms with Gasteiger partial charge in [0.1, 0.15) is 11.6 Å². The van der Waals surface area contributed by atoms with E-state index in [1.807, 2.05) is 12.1 Å². The maximum absolute atomic E-state index is 5.45. The first kappa shape index (κ1) is 9.70. The van der Waals surface area contributed by atoms with Crippen molar-refractivity contribution in [1.29, 1.82) is 0 Å². The third-order valence-electron chi connectivity index (χ3n) is 3.50. The highest BCUT2D eigenvalue weighted by atomic mass is 16.5. The minimum Gasteiger partial charge on any atom is -0.496 e. The van der Waals surface area contributed by atoms with E-state index in [-0.39, 0.29) is 5.41 Å². The van der Waals surface area contributed by atoms with Gasteiger partial charge in [0.05, 0.1) is 19.1 Å². The van der Waals surface area contributed by atoms with E-state index >= 15 is 0 Å². The van der Waals surface area contributed by atoms with Gasteiger partial charge < -0.3 is 10.1 Å². The van der Waals surface area contributed by atoms with Crippen molar-refractivity contribution in [2.45, 2.75) is 18.3 Å². The predicted molar refractivity (Wildman–Crippen MR) is 64.2 cm³/mol. The summed E-state index contributed by atoms with van der Waals surface area (Å²) in [7, 11) is 1.73. The second-order valence-electron chi connectivity index (χ2n) is 4.44. The van der Waals surface area contributed by atoms with E-state index in [2.05, 4.69) is 22.4 Å². The Kier molecular flexibility index (Phi) is 2.13. The zero-order valence-electron chi connectivity index (χ0n) is 9.49. The number of rotatable bonds is 3. The van der Waals surface area contributed by atoms with Crippen LogP contribution in [0.2, 0.25) is 0 Å². The van der Waals surface area contributed by atoms with E-state index in [1.165, 1.54) is 18.4 Å². The molecule has 1 N–H and O–H groups in total. The fraction of sp³-hybridized carbons (Fsp3) is 0.462. The maximum atomic E-state index is 5.45. The Morgan fingerprint density at radius 1 is 1.31 bits per heavy atom. The van der Waals surface area contributed by atoms with Crippen molar-refractivity contribution in [3.05, 3.63) is 29.8 Å². The fourth-order valence-electron chi connectivity index (χ4n) is 2.52. The molecule has 1 aromatic rings. The van der Waals surface area contributed by atoms with Crippen LogP contribution >= 0.6 is 0 Å². The lowest BCUT2D eigenvalue weighted by Crippen LogP contribution is -2.31. The molecule has 84 valence electrons. The monoisotopic (exact) mass is 216 g/mol. The standard InChI is InChI=1S/C13H16N2O/c1-16-11-5-3-2-4-10(11)13(6-7-13)12-14-8-9-15-12/h2-5H,6-9H2,1H3,(H,14,15). The Bertz CT molecular complexity index is 435. The number of methoxy groups -OCH3 is 1. The van der Waals surface area contributed by atoms with Crippen molar-refractivity contribution in [2.75, 3.05) is 20.2 Å². The van der Waals surface area contributed by atoms with Crippen molar-refractivity contribution in [3.8, 4) is 5.75 Å². The third kappa shape index (κ3) is 1.31. The summed E-state index contributed by atoms with van der Waals surface area (Å²) in [6, 6.07) is 8.29. The van der Waals surface area contributed by atoms with E-state index in [1.54, 1.807) is 7.11 Å². The molecular formula is C13H16N2O. The molecule has 0 saturated heterocycles. The number of nitrogens with zero attached hydrogens (tertiary/aromatic N) is 1.